The van der Waals surface area contributed by atoms with Crippen LogP contribution in [0.3, 0.4) is 0 Å². The Labute approximate surface area is 93.9 Å². The van der Waals surface area contributed by atoms with Crippen LogP contribution in [0.4, 0.5) is 4.79 Å². The van der Waals surface area contributed by atoms with Gasteiger partial charge in [-0.3, -0.25) is 0 Å². The van der Waals surface area contributed by atoms with Gasteiger partial charge < -0.3 is 10.6 Å². The number of thiophene rings is 1. The summed E-state index contributed by atoms with van der Waals surface area (Å²) in [7, 11) is 0. The van der Waals surface area contributed by atoms with E-state index in [1.54, 1.807) is 11.3 Å². The predicted octanol–water partition coefficient (Wildman–Crippen LogP) is 2.41. The van der Waals surface area contributed by atoms with E-state index in [0.29, 0.717) is 12.6 Å². The second-order valence-electron chi connectivity index (χ2n) is 3.97. The minimum absolute atomic E-state index is 0.0363. The third-order valence-corrected chi connectivity index (χ3v) is 3.66. The lowest BCUT2D eigenvalue weighted by atomic mass is 9.93. The van der Waals surface area contributed by atoms with E-state index in [4.69, 9.17) is 0 Å². The summed E-state index contributed by atoms with van der Waals surface area (Å²) in [5.41, 5.74) is 0. The van der Waals surface area contributed by atoms with Crippen LogP contribution in [0.15, 0.2) is 12.1 Å². The molecule has 0 spiro atoms. The van der Waals surface area contributed by atoms with Crippen LogP contribution in [0.25, 0.3) is 0 Å². The van der Waals surface area contributed by atoms with Gasteiger partial charge in [0.1, 0.15) is 0 Å². The lowest BCUT2D eigenvalue weighted by Gasteiger charge is -2.26. The molecule has 1 saturated carbocycles. The predicted molar refractivity (Wildman–Crippen MR) is 62.1 cm³/mol. The van der Waals surface area contributed by atoms with E-state index in [-0.39, 0.29) is 6.03 Å². The zero-order valence-corrected chi connectivity index (χ0v) is 9.69. The maximum absolute atomic E-state index is 11.4. The highest BCUT2D eigenvalue weighted by Crippen LogP contribution is 2.18. The molecule has 1 aromatic heterocycles. The maximum atomic E-state index is 11.4. The first-order valence-electron chi connectivity index (χ1n) is 5.34. The fraction of sp³-hybridized carbons (Fsp3) is 0.545. The molecule has 2 rings (SSSR count). The van der Waals surface area contributed by atoms with Crippen LogP contribution in [-0.4, -0.2) is 12.1 Å². The topological polar surface area (TPSA) is 41.1 Å². The number of carbonyl (C=O) groups is 1. The third-order valence-electron chi connectivity index (χ3n) is 2.66. The van der Waals surface area contributed by atoms with Gasteiger partial charge in [-0.25, -0.2) is 4.79 Å². The Balaban J connectivity index is 1.70. The minimum atomic E-state index is -0.0363. The average Bonchev–Trinajstić information content (AvgIpc) is 2.55. The smallest absolute Gasteiger partial charge is 0.315 e. The van der Waals surface area contributed by atoms with Gasteiger partial charge in [-0.2, -0.15) is 0 Å². The number of urea groups is 1. The molecule has 0 atom stereocenters. The van der Waals surface area contributed by atoms with Gasteiger partial charge in [0, 0.05) is 15.8 Å². The Morgan fingerprint density at radius 3 is 2.87 bits per heavy atom. The van der Waals surface area contributed by atoms with E-state index >= 15 is 0 Å². The first kappa shape index (κ1) is 10.5. The van der Waals surface area contributed by atoms with Crippen molar-refractivity contribution in [1.29, 1.82) is 0 Å². The molecule has 0 radical (unpaired) electrons. The van der Waals surface area contributed by atoms with Gasteiger partial charge in [-0.1, -0.05) is 0 Å². The van der Waals surface area contributed by atoms with E-state index in [9.17, 15) is 4.79 Å². The maximum Gasteiger partial charge on any atom is 0.315 e. The van der Waals surface area contributed by atoms with Crippen molar-refractivity contribution in [3.05, 3.63) is 21.9 Å². The molecule has 2 N–H and O–H groups in total. The lowest BCUT2D eigenvalue weighted by molar-refractivity contribution is 0.228. The van der Waals surface area contributed by atoms with Crippen molar-refractivity contribution < 1.29 is 4.79 Å². The summed E-state index contributed by atoms with van der Waals surface area (Å²) < 4.78 is 0. The van der Waals surface area contributed by atoms with Crippen LogP contribution >= 0.6 is 11.3 Å². The zero-order valence-electron chi connectivity index (χ0n) is 8.88. The molecule has 15 heavy (non-hydrogen) atoms. The molecule has 0 aromatic carbocycles. The number of hydrogen-bond acceptors (Lipinski definition) is 2. The average molecular weight is 224 g/mol. The van der Waals surface area contributed by atoms with Gasteiger partial charge in [0.15, 0.2) is 0 Å². The van der Waals surface area contributed by atoms with E-state index in [1.165, 1.54) is 16.2 Å². The Morgan fingerprint density at radius 1 is 1.53 bits per heavy atom. The molecule has 1 heterocycles. The first-order valence-corrected chi connectivity index (χ1v) is 6.15. The van der Waals surface area contributed by atoms with Crippen LogP contribution in [-0.2, 0) is 6.54 Å². The Hall–Kier alpha value is -1.03. The van der Waals surface area contributed by atoms with E-state index < -0.39 is 0 Å². The molecule has 0 aliphatic heterocycles. The molecule has 3 nitrogen and oxygen atoms in total. The Bertz CT molecular complexity index is 344. The molecule has 1 aliphatic carbocycles. The Kier molecular flexibility index (Phi) is 3.26. The molecule has 0 unspecified atom stereocenters. The van der Waals surface area contributed by atoms with Crippen molar-refractivity contribution in [1.82, 2.24) is 10.6 Å². The van der Waals surface area contributed by atoms with Crippen molar-refractivity contribution >= 4 is 17.4 Å². The van der Waals surface area contributed by atoms with E-state index in [2.05, 4.69) is 29.7 Å². The van der Waals surface area contributed by atoms with E-state index in [1.807, 2.05) is 0 Å². The number of aryl methyl sites for hydroxylation is 1. The van der Waals surface area contributed by atoms with Crippen molar-refractivity contribution in [2.45, 2.75) is 38.8 Å². The normalized spacial score (nSPS) is 15.8. The second kappa shape index (κ2) is 4.66. The van der Waals surface area contributed by atoms with Crippen LogP contribution in [0, 0.1) is 6.92 Å². The Morgan fingerprint density at radius 2 is 2.33 bits per heavy atom. The van der Waals surface area contributed by atoms with Crippen LogP contribution in [0.1, 0.15) is 29.0 Å². The summed E-state index contributed by atoms with van der Waals surface area (Å²) in [6.45, 7) is 2.71. The molecular weight excluding hydrogens is 208 g/mol. The molecule has 1 aromatic rings. The van der Waals surface area contributed by atoms with Crippen molar-refractivity contribution in [2.24, 2.45) is 0 Å². The highest BCUT2D eigenvalue weighted by Gasteiger charge is 2.18. The highest BCUT2D eigenvalue weighted by atomic mass is 32.1. The largest absolute Gasteiger partial charge is 0.335 e. The summed E-state index contributed by atoms with van der Waals surface area (Å²) >= 11 is 1.73. The third kappa shape index (κ3) is 2.96. The molecule has 82 valence electrons. The lowest BCUT2D eigenvalue weighted by Crippen LogP contribution is -2.44. The summed E-state index contributed by atoms with van der Waals surface area (Å²) in [5, 5.41) is 5.82. The van der Waals surface area contributed by atoms with Gasteiger partial charge in [0.25, 0.3) is 0 Å². The number of amides is 2. The fourth-order valence-electron chi connectivity index (χ4n) is 1.54. The van der Waals surface area contributed by atoms with E-state index in [0.717, 1.165) is 12.8 Å². The zero-order chi connectivity index (χ0) is 10.7. The molecule has 0 bridgehead atoms. The highest BCUT2D eigenvalue weighted by molar-refractivity contribution is 7.11. The fourth-order valence-corrected chi connectivity index (χ4v) is 2.37. The second-order valence-corrected chi connectivity index (χ2v) is 5.34. The molecule has 1 fully saturated rings. The van der Waals surface area contributed by atoms with Crippen LogP contribution in [0.2, 0.25) is 0 Å². The van der Waals surface area contributed by atoms with Gasteiger partial charge in [-0.15, -0.1) is 11.3 Å². The quantitative estimate of drug-likeness (QED) is 0.813. The summed E-state index contributed by atoms with van der Waals surface area (Å²) in [6.07, 6.45) is 3.51. The standard InChI is InChI=1S/C11H16N2OS/c1-8-5-6-10(15-8)7-12-11(14)13-9-3-2-4-9/h5-6,9H,2-4,7H2,1H3,(H2,12,13,14). The minimum Gasteiger partial charge on any atom is -0.335 e. The van der Waals surface area contributed by atoms with Crippen molar-refractivity contribution in [2.75, 3.05) is 0 Å². The van der Waals surface area contributed by atoms with Crippen molar-refractivity contribution in [3.8, 4) is 0 Å². The molecule has 1 aliphatic rings. The monoisotopic (exact) mass is 224 g/mol. The SMILES string of the molecule is Cc1ccc(CNC(=O)NC2CCC2)s1. The molecule has 0 saturated heterocycles. The first-order chi connectivity index (χ1) is 7.24. The van der Waals surface area contributed by atoms with Crippen LogP contribution < -0.4 is 10.6 Å². The van der Waals surface area contributed by atoms with Crippen LogP contribution in [0.5, 0.6) is 0 Å². The molecule has 2 amide bonds. The summed E-state index contributed by atoms with van der Waals surface area (Å²) in [6, 6.07) is 4.51. The number of hydrogen-bond donors (Lipinski definition) is 2. The van der Waals surface area contributed by atoms with Gasteiger partial charge >= 0.3 is 6.03 Å². The number of nitrogens with one attached hydrogen (secondary N) is 2. The van der Waals surface area contributed by atoms with Crippen molar-refractivity contribution in [3.63, 3.8) is 0 Å². The summed E-state index contributed by atoms with van der Waals surface area (Å²) in [5.74, 6) is 0. The number of carbonyl (C=O) groups excluding carboxylic acids is 1. The molecular formula is C11H16N2OS. The summed E-state index contributed by atoms with van der Waals surface area (Å²) in [4.78, 5) is 13.9. The molecule has 4 heteroatoms. The van der Waals surface area contributed by atoms with Gasteiger partial charge in [-0.05, 0) is 38.3 Å². The van der Waals surface area contributed by atoms with Gasteiger partial charge in [0.2, 0.25) is 0 Å². The van der Waals surface area contributed by atoms with Gasteiger partial charge in [0.05, 0.1) is 6.54 Å². The number of rotatable bonds is 3.